The van der Waals surface area contributed by atoms with Crippen LogP contribution in [0.25, 0.3) is 0 Å². The van der Waals surface area contributed by atoms with E-state index in [4.69, 9.17) is 52.2 Å². The molecule has 6 nitrogen and oxygen atoms in total. The lowest BCUT2D eigenvalue weighted by Crippen LogP contribution is -2.37. The van der Waals surface area contributed by atoms with Crippen LogP contribution in [0.2, 0.25) is 6.04 Å². The van der Waals surface area contributed by atoms with Crippen LogP contribution in [0.4, 0.5) is 0 Å². The minimum atomic E-state index is -2.58. The normalized spacial score (nSPS) is 12.5. The Morgan fingerprint density at radius 3 is 2.12 bits per heavy atom. The molecule has 182 valence electrons. The summed E-state index contributed by atoms with van der Waals surface area (Å²) >= 11 is 20.7. The van der Waals surface area contributed by atoms with Crippen molar-refractivity contribution in [2.75, 3.05) is 33.0 Å². The number of rotatable bonds is 15. The van der Waals surface area contributed by atoms with Crippen LogP contribution in [0, 0.1) is 0 Å². The van der Waals surface area contributed by atoms with E-state index in [-0.39, 0.29) is 19.0 Å². The molecule has 0 saturated carbocycles. The number of hydrogen-bond acceptors (Lipinski definition) is 6. The summed E-state index contributed by atoms with van der Waals surface area (Å²) in [6.07, 6.45) is 0.703. The maximum Gasteiger partial charge on any atom is 0.341 e. The topological polar surface area (TPSA) is 71.1 Å². The number of benzene rings is 1. The van der Waals surface area contributed by atoms with E-state index in [1.165, 1.54) is 0 Å². The van der Waals surface area contributed by atoms with Gasteiger partial charge in [-0.2, -0.15) is 0 Å². The Morgan fingerprint density at radius 2 is 1.56 bits per heavy atom. The molecule has 0 atom stereocenters. The van der Waals surface area contributed by atoms with Crippen molar-refractivity contribution >= 4 is 66.9 Å². The molecule has 32 heavy (non-hydrogen) atoms. The highest BCUT2D eigenvalue weighted by Gasteiger charge is 2.30. The largest absolute Gasteiger partial charge is 0.491 e. The minimum absolute atomic E-state index is 0.0614. The molecule has 1 aromatic rings. The molecule has 1 rings (SSSR count). The molecule has 0 amide bonds. The van der Waals surface area contributed by atoms with Gasteiger partial charge in [-0.3, -0.25) is 9.59 Å². The lowest BCUT2D eigenvalue weighted by Gasteiger charge is -2.24. The van der Waals surface area contributed by atoms with Gasteiger partial charge >= 0.3 is 12.0 Å². The van der Waals surface area contributed by atoms with Crippen LogP contribution in [0.5, 0.6) is 5.75 Å². The van der Waals surface area contributed by atoms with E-state index in [1.54, 1.807) is 52.0 Å². The number of ether oxygens (including phenoxy) is 4. The van der Waals surface area contributed by atoms with Gasteiger partial charge < -0.3 is 18.9 Å². The fraction of sp³-hybridized carbons (Fsp3) is 0.619. The highest BCUT2D eigenvalue weighted by atomic mass is 79.9. The summed E-state index contributed by atoms with van der Waals surface area (Å²) in [5.41, 5.74) is -0.574. The van der Waals surface area contributed by atoms with Crippen LogP contribution in [-0.4, -0.2) is 60.7 Å². The van der Waals surface area contributed by atoms with Crippen LogP contribution in [-0.2, 0) is 19.0 Å². The molecule has 0 aliphatic heterocycles. The molecule has 0 unspecified atom stereocenters. The molecule has 0 heterocycles. The third-order valence-corrected chi connectivity index (χ3v) is 7.12. The van der Waals surface area contributed by atoms with Crippen molar-refractivity contribution in [1.29, 1.82) is 0 Å². The first-order valence-corrected chi connectivity index (χ1v) is 16.2. The summed E-state index contributed by atoms with van der Waals surface area (Å²) in [6, 6.07) is 4.79. The van der Waals surface area contributed by atoms with Crippen molar-refractivity contribution in [3.8, 4) is 5.75 Å². The number of carbonyl (C=O) groups is 2. The van der Waals surface area contributed by atoms with Gasteiger partial charge in [-0.25, -0.2) is 0 Å². The van der Waals surface area contributed by atoms with Gasteiger partial charge in [-0.15, -0.1) is 33.2 Å². The summed E-state index contributed by atoms with van der Waals surface area (Å²) in [7, 11) is 0. The first-order chi connectivity index (χ1) is 14.7. The molecule has 0 radical (unpaired) electrons. The number of carbonyl (C=O) groups excluding carboxylic acids is 2. The van der Waals surface area contributed by atoms with Gasteiger partial charge in [-0.1, -0.05) is 15.9 Å². The summed E-state index contributed by atoms with van der Waals surface area (Å²) in [4.78, 5) is 24.5. The van der Waals surface area contributed by atoms with E-state index in [1.807, 2.05) is 0 Å². The maximum atomic E-state index is 12.8. The van der Waals surface area contributed by atoms with E-state index in [2.05, 4.69) is 15.9 Å². The zero-order valence-electron chi connectivity index (χ0n) is 18.7. The second kappa shape index (κ2) is 13.5. The average molecular weight is 593 g/mol. The Bertz CT molecular complexity index is 733. The van der Waals surface area contributed by atoms with Gasteiger partial charge in [0.25, 0.3) is 0 Å². The SMILES string of the molecule is CC(C)(Br)C(=O)OCCOC(C)(C)C(=O)c1ccc(OCCOCCC[Si](Cl)(Cl)Cl)cc1. The fourth-order valence-electron chi connectivity index (χ4n) is 2.41. The van der Waals surface area contributed by atoms with Crippen LogP contribution in [0.15, 0.2) is 24.3 Å². The number of esters is 1. The maximum absolute atomic E-state index is 12.8. The van der Waals surface area contributed by atoms with Gasteiger partial charge in [-0.05, 0) is 64.4 Å². The molecule has 0 aromatic heterocycles. The summed E-state index contributed by atoms with van der Waals surface area (Å²) < 4.78 is 21.1. The van der Waals surface area contributed by atoms with Crippen molar-refractivity contribution in [1.82, 2.24) is 0 Å². The molecule has 1 aromatic carbocycles. The number of alkyl halides is 1. The molecule has 0 N–H and O–H groups in total. The van der Waals surface area contributed by atoms with Crippen molar-refractivity contribution in [2.24, 2.45) is 0 Å². The monoisotopic (exact) mass is 590 g/mol. The van der Waals surface area contributed by atoms with Gasteiger partial charge in [0.15, 0.2) is 5.78 Å². The molecule has 0 spiro atoms. The molecule has 0 bridgehead atoms. The Hall–Kier alpha value is -0.353. The zero-order valence-corrected chi connectivity index (χ0v) is 23.6. The average Bonchev–Trinajstić information content (AvgIpc) is 2.68. The Morgan fingerprint density at radius 1 is 0.938 bits per heavy atom. The van der Waals surface area contributed by atoms with E-state index in [0.717, 1.165) is 0 Å². The standard InChI is InChI=1S/C21H30BrCl3O6Si/c1-20(2,22)19(27)30-13-14-31-21(3,4)18(26)16-6-8-17(9-7-16)29-12-11-28-10-5-15-32(23,24)25/h6-9H,5,10-15H2,1-4H3. The molecular formula is C21H30BrCl3O6Si. The van der Waals surface area contributed by atoms with E-state index in [0.29, 0.717) is 43.6 Å². The van der Waals surface area contributed by atoms with Crippen LogP contribution in [0.3, 0.4) is 0 Å². The van der Waals surface area contributed by atoms with Gasteiger partial charge in [0, 0.05) is 12.2 Å². The molecule has 0 fully saturated rings. The van der Waals surface area contributed by atoms with Crippen molar-refractivity contribution in [3.63, 3.8) is 0 Å². The van der Waals surface area contributed by atoms with Crippen LogP contribution >= 0.6 is 49.2 Å². The third kappa shape index (κ3) is 12.2. The van der Waals surface area contributed by atoms with Crippen molar-refractivity contribution < 1.29 is 28.5 Å². The number of Topliss-reactive ketones (excluding diaryl/α,β-unsaturated/α-hetero) is 1. The molecule has 0 aliphatic carbocycles. The fourth-order valence-corrected chi connectivity index (χ4v) is 4.28. The van der Waals surface area contributed by atoms with Gasteiger partial charge in [0.2, 0.25) is 0 Å². The summed E-state index contributed by atoms with van der Waals surface area (Å²) in [6.45, 7) is 8.22. The van der Waals surface area contributed by atoms with Crippen LogP contribution < -0.4 is 4.74 Å². The van der Waals surface area contributed by atoms with Crippen LogP contribution in [0.1, 0.15) is 44.5 Å². The minimum Gasteiger partial charge on any atom is -0.491 e. The highest BCUT2D eigenvalue weighted by molar-refractivity contribution is 9.10. The van der Waals surface area contributed by atoms with E-state index >= 15 is 0 Å². The second-order valence-corrected chi connectivity index (χ2v) is 19.3. The molecule has 11 heteroatoms. The highest BCUT2D eigenvalue weighted by Crippen LogP contribution is 2.26. The first-order valence-electron chi connectivity index (χ1n) is 10.1. The number of halogens is 4. The molecule has 0 saturated heterocycles. The quantitative estimate of drug-likeness (QED) is 0.0638. The predicted octanol–water partition coefficient (Wildman–Crippen LogP) is 5.82. The van der Waals surface area contributed by atoms with Gasteiger partial charge in [0.1, 0.15) is 28.9 Å². The first kappa shape index (κ1) is 29.7. The molecular weight excluding hydrogens is 563 g/mol. The molecule has 0 aliphatic rings. The number of hydrogen-bond donors (Lipinski definition) is 0. The second-order valence-electron chi connectivity index (χ2n) is 8.00. The Balaban J connectivity index is 2.37. The van der Waals surface area contributed by atoms with Gasteiger partial charge in [0.05, 0.1) is 13.2 Å². The third-order valence-electron chi connectivity index (χ3n) is 4.17. The smallest absolute Gasteiger partial charge is 0.341 e. The van der Waals surface area contributed by atoms with E-state index < -0.39 is 21.9 Å². The Kier molecular flexibility index (Phi) is 12.5. The number of ketones is 1. The van der Waals surface area contributed by atoms with E-state index in [9.17, 15) is 9.59 Å². The lowest BCUT2D eigenvalue weighted by molar-refractivity contribution is -0.148. The lowest BCUT2D eigenvalue weighted by atomic mass is 9.96. The predicted molar refractivity (Wildman–Crippen MR) is 134 cm³/mol. The Labute approximate surface area is 213 Å². The zero-order chi connectivity index (χ0) is 24.4. The van der Waals surface area contributed by atoms with Crippen molar-refractivity contribution in [2.45, 2.75) is 50.1 Å². The van der Waals surface area contributed by atoms with Crippen molar-refractivity contribution in [3.05, 3.63) is 29.8 Å². The summed E-state index contributed by atoms with van der Waals surface area (Å²) in [5, 5.41) is 0. The summed E-state index contributed by atoms with van der Waals surface area (Å²) in [5.74, 6) is 0.0506.